The van der Waals surface area contributed by atoms with Crippen molar-refractivity contribution in [3.63, 3.8) is 0 Å². The van der Waals surface area contributed by atoms with Crippen LogP contribution >= 0.6 is 15.9 Å². The molecule has 2 amide bonds. The van der Waals surface area contributed by atoms with Crippen molar-refractivity contribution in [2.45, 2.75) is 43.9 Å². The lowest BCUT2D eigenvalue weighted by Crippen LogP contribution is -2.30. The van der Waals surface area contributed by atoms with Gasteiger partial charge in [-0.3, -0.25) is 19.3 Å². The molecule has 1 aromatic rings. The summed E-state index contributed by atoms with van der Waals surface area (Å²) in [6.45, 7) is 2.86. The molecule has 1 unspecified atom stereocenters. The van der Waals surface area contributed by atoms with Gasteiger partial charge in [0.1, 0.15) is 4.83 Å². The van der Waals surface area contributed by atoms with Crippen LogP contribution in [0.2, 0.25) is 0 Å². The normalized spacial score (nSPS) is 14.7. The van der Waals surface area contributed by atoms with Gasteiger partial charge in [-0.1, -0.05) is 41.4 Å². The van der Waals surface area contributed by atoms with E-state index in [0.717, 1.165) is 19.3 Å². The van der Waals surface area contributed by atoms with Crippen LogP contribution in [0.25, 0.3) is 0 Å². The van der Waals surface area contributed by atoms with Crippen molar-refractivity contribution < 1.29 is 19.1 Å². The third kappa shape index (κ3) is 4.44. The minimum atomic E-state index is -0.337. The molecule has 1 aliphatic rings. The molecule has 0 fully saturated rings. The van der Waals surface area contributed by atoms with Gasteiger partial charge in [0.15, 0.2) is 0 Å². The number of nitrogens with zero attached hydrogens (tertiary/aromatic N) is 1. The van der Waals surface area contributed by atoms with Crippen molar-refractivity contribution in [1.82, 2.24) is 4.90 Å². The number of imide groups is 1. The molecule has 24 heavy (non-hydrogen) atoms. The first-order valence-electron chi connectivity index (χ1n) is 8.32. The van der Waals surface area contributed by atoms with E-state index in [1.165, 1.54) is 4.90 Å². The Morgan fingerprint density at radius 3 is 2.33 bits per heavy atom. The first-order valence-corrected chi connectivity index (χ1v) is 9.23. The zero-order chi connectivity index (χ0) is 17.5. The zero-order valence-electron chi connectivity index (χ0n) is 13.8. The number of hydrogen-bond acceptors (Lipinski definition) is 4. The molecule has 1 aliphatic heterocycles. The van der Waals surface area contributed by atoms with E-state index in [2.05, 4.69) is 15.9 Å². The molecule has 1 atom stereocenters. The first-order chi connectivity index (χ1) is 11.6. The summed E-state index contributed by atoms with van der Waals surface area (Å²) in [6.07, 6.45) is 3.86. The summed E-state index contributed by atoms with van der Waals surface area (Å²) in [5.41, 5.74) is 0.945. The Kier molecular flexibility index (Phi) is 6.97. The number of carbonyl (C=O) groups is 3. The highest BCUT2D eigenvalue weighted by molar-refractivity contribution is 9.10. The molecule has 0 N–H and O–H groups in total. The number of unbranched alkanes of at least 4 members (excludes halogenated alkanes) is 2. The van der Waals surface area contributed by atoms with Crippen LogP contribution in [0.5, 0.6) is 0 Å². The fraction of sp³-hybridized carbons (Fsp3) is 0.500. The molecule has 0 radical (unpaired) electrons. The third-order valence-corrected chi connectivity index (χ3v) is 4.80. The quantitative estimate of drug-likeness (QED) is 0.277. The van der Waals surface area contributed by atoms with E-state index >= 15 is 0 Å². The van der Waals surface area contributed by atoms with Crippen molar-refractivity contribution in [3.8, 4) is 0 Å². The lowest BCUT2D eigenvalue weighted by molar-refractivity contribution is -0.143. The van der Waals surface area contributed by atoms with Crippen LogP contribution in [0.1, 0.15) is 59.7 Å². The summed E-state index contributed by atoms with van der Waals surface area (Å²) >= 11 is 3.33. The van der Waals surface area contributed by atoms with Gasteiger partial charge in [-0.15, -0.1) is 0 Å². The Morgan fingerprint density at radius 1 is 1.12 bits per heavy atom. The minimum Gasteiger partial charge on any atom is -0.465 e. The van der Waals surface area contributed by atoms with E-state index in [9.17, 15) is 14.4 Å². The fourth-order valence-corrected chi connectivity index (χ4v) is 3.02. The Hall–Kier alpha value is -1.69. The Labute approximate surface area is 150 Å². The third-order valence-electron chi connectivity index (χ3n) is 3.97. The predicted octanol–water partition coefficient (Wildman–Crippen LogP) is 3.56. The van der Waals surface area contributed by atoms with E-state index in [1.807, 2.05) is 6.92 Å². The topological polar surface area (TPSA) is 63.7 Å². The number of alkyl halides is 1. The van der Waals surface area contributed by atoms with Crippen molar-refractivity contribution in [2.24, 2.45) is 0 Å². The monoisotopic (exact) mass is 395 g/mol. The van der Waals surface area contributed by atoms with Crippen molar-refractivity contribution in [1.29, 1.82) is 0 Å². The molecule has 0 saturated carbocycles. The molecule has 1 heterocycles. The highest BCUT2D eigenvalue weighted by atomic mass is 79.9. The molecule has 5 nitrogen and oxygen atoms in total. The number of halogens is 1. The Bertz CT molecular complexity index is 582. The molecule has 0 aliphatic carbocycles. The fourth-order valence-electron chi connectivity index (χ4n) is 2.56. The lowest BCUT2D eigenvalue weighted by atomic mass is 10.1. The van der Waals surface area contributed by atoms with Gasteiger partial charge in [0.05, 0.1) is 17.7 Å². The number of carbonyl (C=O) groups excluding carboxylic acids is 3. The average molecular weight is 396 g/mol. The molecule has 130 valence electrons. The standard InChI is InChI=1S/C18H22BrNO4/c1-2-3-12-24-18(23)15(19)10-6-7-11-20-16(21)13-8-4-5-9-14(13)17(20)22/h4-5,8-9,15H,2-3,6-7,10-12H2,1H3. The maximum Gasteiger partial charge on any atom is 0.319 e. The van der Waals surface area contributed by atoms with Crippen LogP contribution < -0.4 is 0 Å². The van der Waals surface area contributed by atoms with Crippen LogP contribution in [0.3, 0.4) is 0 Å². The number of rotatable bonds is 9. The van der Waals surface area contributed by atoms with Crippen LogP contribution in [0.4, 0.5) is 0 Å². The molecule has 2 rings (SSSR count). The zero-order valence-corrected chi connectivity index (χ0v) is 15.4. The van der Waals surface area contributed by atoms with Crippen molar-refractivity contribution >= 4 is 33.7 Å². The summed E-state index contributed by atoms with van der Waals surface area (Å²) in [4.78, 5) is 37.1. The summed E-state index contributed by atoms with van der Waals surface area (Å²) < 4.78 is 5.15. The van der Waals surface area contributed by atoms with Gasteiger partial charge in [0, 0.05) is 6.54 Å². The van der Waals surface area contributed by atoms with E-state index < -0.39 is 0 Å². The summed E-state index contributed by atoms with van der Waals surface area (Å²) in [5, 5.41) is 0. The number of ether oxygens (including phenoxy) is 1. The van der Waals surface area contributed by atoms with Crippen LogP contribution in [0.15, 0.2) is 24.3 Å². The van der Waals surface area contributed by atoms with Gasteiger partial charge in [0.25, 0.3) is 11.8 Å². The van der Waals surface area contributed by atoms with Gasteiger partial charge in [-0.05, 0) is 37.8 Å². The van der Waals surface area contributed by atoms with Crippen LogP contribution in [0, 0.1) is 0 Å². The molecule has 0 spiro atoms. The summed E-state index contributed by atoms with van der Waals surface area (Å²) in [6, 6.07) is 6.87. The predicted molar refractivity (Wildman–Crippen MR) is 94.2 cm³/mol. The van der Waals surface area contributed by atoms with E-state index in [-0.39, 0.29) is 22.6 Å². The smallest absolute Gasteiger partial charge is 0.319 e. The second kappa shape index (κ2) is 8.97. The van der Waals surface area contributed by atoms with Gasteiger partial charge in [-0.25, -0.2) is 0 Å². The number of amides is 2. The van der Waals surface area contributed by atoms with Gasteiger partial charge in [-0.2, -0.15) is 0 Å². The van der Waals surface area contributed by atoms with Crippen molar-refractivity contribution in [2.75, 3.05) is 13.2 Å². The maximum atomic E-state index is 12.2. The SMILES string of the molecule is CCCCOC(=O)C(Br)CCCCN1C(=O)c2ccccc2C1=O. The molecule has 0 bridgehead atoms. The number of hydrogen-bond donors (Lipinski definition) is 0. The average Bonchev–Trinajstić information content (AvgIpc) is 2.83. The Balaban J connectivity index is 1.73. The molecule has 1 aromatic carbocycles. The summed E-state index contributed by atoms with van der Waals surface area (Å²) in [7, 11) is 0. The van der Waals surface area contributed by atoms with E-state index in [1.54, 1.807) is 24.3 Å². The van der Waals surface area contributed by atoms with Crippen LogP contribution in [-0.2, 0) is 9.53 Å². The first kappa shape index (κ1) is 18.6. The number of fused-ring (bicyclic) bond motifs is 1. The van der Waals surface area contributed by atoms with E-state index in [4.69, 9.17) is 4.74 Å². The van der Waals surface area contributed by atoms with Gasteiger partial charge >= 0.3 is 5.97 Å². The minimum absolute atomic E-state index is 0.232. The molecule has 0 saturated heterocycles. The molecule has 6 heteroatoms. The van der Waals surface area contributed by atoms with E-state index in [0.29, 0.717) is 37.1 Å². The number of benzene rings is 1. The van der Waals surface area contributed by atoms with Crippen LogP contribution in [-0.4, -0.2) is 40.7 Å². The molecular weight excluding hydrogens is 374 g/mol. The Morgan fingerprint density at radius 2 is 1.75 bits per heavy atom. The largest absolute Gasteiger partial charge is 0.465 e. The van der Waals surface area contributed by atoms with Crippen molar-refractivity contribution in [3.05, 3.63) is 35.4 Å². The van der Waals surface area contributed by atoms with Gasteiger partial charge < -0.3 is 4.74 Å². The second-order valence-electron chi connectivity index (χ2n) is 5.79. The highest BCUT2D eigenvalue weighted by Crippen LogP contribution is 2.23. The highest BCUT2D eigenvalue weighted by Gasteiger charge is 2.34. The van der Waals surface area contributed by atoms with Gasteiger partial charge in [0.2, 0.25) is 0 Å². The second-order valence-corrected chi connectivity index (χ2v) is 6.90. The lowest BCUT2D eigenvalue weighted by Gasteiger charge is -2.14. The number of esters is 1. The molecular formula is C18H22BrNO4. The maximum absolute atomic E-state index is 12.2. The summed E-state index contributed by atoms with van der Waals surface area (Å²) in [5.74, 6) is -0.709. The molecule has 0 aromatic heterocycles.